The van der Waals surface area contributed by atoms with E-state index in [0.717, 1.165) is 10.4 Å². The largest absolute Gasteiger partial charge is 0.495 e. The van der Waals surface area contributed by atoms with Crippen LogP contribution in [-0.2, 0) is 26.2 Å². The Balaban J connectivity index is 2.21. The maximum Gasteiger partial charge on any atom is 0.273 e. The van der Waals surface area contributed by atoms with Gasteiger partial charge < -0.3 is 15.0 Å². The number of carbonyl (C=O) groups excluding carboxylic acids is 2. The number of halogens is 2. The molecule has 3 aromatic rings. The summed E-state index contributed by atoms with van der Waals surface area (Å²) in [6, 6.07) is 13.5. The number of benzene rings is 3. The van der Waals surface area contributed by atoms with Crippen molar-refractivity contribution >= 4 is 56.4 Å². The molecule has 0 bridgehead atoms. The molecule has 1 unspecified atom stereocenters. The minimum Gasteiger partial charge on any atom is -0.495 e. The number of sulfonamides is 1. The van der Waals surface area contributed by atoms with Gasteiger partial charge in [0.2, 0.25) is 11.8 Å². The van der Waals surface area contributed by atoms with Crippen LogP contribution in [-0.4, -0.2) is 55.3 Å². The number of rotatable bonds is 12. The van der Waals surface area contributed by atoms with Gasteiger partial charge in [-0.1, -0.05) is 54.4 Å². The average molecular weight is 680 g/mol. The molecule has 0 heterocycles. The molecule has 0 radical (unpaired) electrons. The molecule has 0 aromatic heterocycles. The van der Waals surface area contributed by atoms with Crippen molar-refractivity contribution < 1.29 is 27.7 Å². The Morgan fingerprint density at radius 3 is 2.31 bits per heavy atom. The zero-order valence-corrected chi connectivity index (χ0v) is 28.2. The molecule has 0 aliphatic rings. The quantitative estimate of drug-likeness (QED) is 0.179. The van der Waals surface area contributed by atoms with Crippen molar-refractivity contribution in [3.63, 3.8) is 0 Å². The monoisotopic (exact) mass is 678 g/mol. The molecule has 3 aromatic carbocycles. The summed E-state index contributed by atoms with van der Waals surface area (Å²) in [6.07, 6.45) is 0.204. The van der Waals surface area contributed by atoms with Crippen LogP contribution in [0.15, 0.2) is 65.6 Å². The first kappa shape index (κ1) is 35.6. The van der Waals surface area contributed by atoms with E-state index in [1.54, 1.807) is 52.0 Å². The third-order valence-corrected chi connectivity index (χ3v) is 9.20. The number of hydrogen-bond acceptors (Lipinski definition) is 7. The second-order valence-corrected chi connectivity index (χ2v) is 14.0. The van der Waals surface area contributed by atoms with E-state index in [1.807, 2.05) is 0 Å². The van der Waals surface area contributed by atoms with Crippen molar-refractivity contribution in [1.29, 1.82) is 0 Å². The van der Waals surface area contributed by atoms with Crippen molar-refractivity contribution in [2.24, 2.45) is 0 Å². The third-order valence-electron chi connectivity index (χ3n) is 6.84. The Morgan fingerprint density at radius 2 is 1.73 bits per heavy atom. The number of aryl methyl sites for hydroxylation is 1. The van der Waals surface area contributed by atoms with Gasteiger partial charge in [-0.15, -0.1) is 0 Å². The molecule has 0 aliphatic heterocycles. The lowest BCUT2D eigenvalue weighted by atomic mass is 10.1. The molecular formula is C31H36Cl2N4O7S. The Bertz CT molecular complexity index is 1690. The number of nitrogens with zero attached hydrogens (tertiary/aromatic N) is 3. The molecule has 242 valence electrons. The zero-order valence-electron chi connectivity index (χ0n) is 25.8. The summed E-state index contributed by atoms with van der Waals surface area (Å²) >= 11 is 12.7. The van der Waals surface area contributed by atoms with Crippen LogP contribution in [0.3, 0.4) is 0 Å². The van der Waals surface area contributed by atoms with Crippen LogP contribution in [0.4, 0.5) is 11.4 Å². The molecule has 0 aliphatic carbocycles. The third kappa shape index (κ3) is 8.65. The standard InChI is InChI=1S/C31H36Cl2N4O7S/c1-7-25(30(39)34-31(3,4)5)35(18-21-10-8-9-11-24(21)33)29(38)19-36(27-16-22(32)13-15-28(27)44-6)45(42,43)23-14-12-20(2)26(17-23)37(40)41/h8-17,25H,7,18-19H2,1-6H3,(H,34,39). The maximum atomic E-state index is 14.3. The van der Waals surface area contributed by atoms with Crippen LogP contribution < -0.4 is 14.4 Å². The number of hydrogen-bond donors (Lipinski definition) is 1. The van der Waals surface area contributed by atoms with E-state index in [2.05, 4.69) is 5.32 Å². The fourth-order valence-electron chi connectivity index (χ4n) is 4.63. The molecular weight excluding hydrogens is 643 g/mol. The van der Waals surface area contributed by atoms with E-state index in [0.29, 0.717) is 10.6 Å². The Kier molecular flexibility index (Phi) is 11.5. The van der Waals surface area contributed by atoms with Gasteiger partial charge in [-0.05, 0) is 70.0 Å². The molecule has 11 nitrogen and oxygen atoms in total. The van der Waals surface area contributed by atoms with E-state index < -0.39 is 55.5 Å². The molecule has 1 atom stereocenters. The Hall–Kier alpha value is -3.87. The molecule has 0 fully saturated rings. The summed E-state index contributed by atoms with van der Waals surface area (Å²) < 4.78 is 34.7. The van der Waals surface area contributed by atoms with Gasteiger partial charge in [0.15, 0.2) is 0 Å². The normalized spacial score (nSPS) is 12.3. The smallest absolute Gasteiger partial charge is 0.273 e. The molecule has 45 heavy (non-hydrogen) atoms. The van der Waals surface area contributed by atoms with Crippen LogP contribution in [0.5, 0.6) is 5.75 Å². The van der Waals surface area contributed by atoms with E-state index in [1.165, 1.54) is 49.3 Å². The molecule has 3 rings (SSSR count). The van der Waals surface area contributed by atoms with E-state index >= 15 is 0 Å². The highest BCUT2D eigenvalue weighted by Crippen LogP contribution is 2.36. The van der Waals surface area contributed by atoms with Gasteiger partial charge in [0.1, 0.15) is 18.3 Å². The summed E-state index contributed by atoms with van der Waals surface area (Å²) in [7, 11) is -3.33. The molecule has 0 saturated heterocycles. The van der Waals surface area contributed by atoms with Gasteiger partial charge in [-0.25, -0.2) is 8.42 Å². The number of anilines is 1. The Morgan fingerprint density at radius 1 is 1.07 bits per heavy atom. The first-order chi connectivity index (χ1) is 21.0. The second kappa shape index (κ2) is 14.5. The summed E-state index contributed by atoms with van der Waals surface area (Å²) in [5.41, 5.74) is -0.313. The van der Waals surface area contributed by atoms with Crippen molar-refractivity contribution in [2.75, 3.05) is 18.0 Å². The summed E-state index contributed by atoms with van der Waals surface area (Å²) in [5.74, 6) is -1.10. The lowest BCUT2D eigenvalue weighted by Crippen LogP contribution is -2.55. The topological polar surface area (TPSA) is 139 Å². The van der Waals surface area contributed by atoms with Gasteiger partial charge in [0, 0.05) is 33.8 Å². The van der Waals surface area contributed by atoms with E-state index in [-0.39, 0.29) is 35.0 Å². The van der Waals surface area contributed by atoms with Gasteiger partial charge in [0.25, 0.3) is 15.7 Å². The number of nitrogens with one attached hydrogen (secondary N) is 1. The highest BCUT2D eigenvalue weighted by atomic mass is 35.5. The second-order valence-electron chi connectivity index (χ2n) is 11.3. The molecule has 0 spiro atoms. The molecule has 0 saturated carbocycles. The summed E-state index contributed by atoms with van der Waals surface area (Å²) in [4.78, 5) is 39.7. The number of carbonyl (C=O) groups is 2. The lowest BCUT2D eigenvalue weighted by molar-refractivity contribution is -0.385. The molecule has 2 amide bonds. The van der Waals surface area contributed by atoms with Gasteiger partial charge in [-0.2, -0.15) is 0 Å². The summed E-state index contributed by atoms with van der Waals surface area (Å²) in [6.45, 7) is 7.72. The van der Waals surface area contributed by atoms with Crippen molar-refractivity contribution in [3.05, 3.63) is 92.0 Å². The first-order valence-electron chi connectivity index (χ1n) is 14.0. The molecule has 1 N–H and O–H groups in total. The van der Waals surface area contributed by atoms with E-state index in [9.17, 15) is 28.1 Å². The SMILES string of the molecule is CCC(C(=O)NC(C)(C)C)N(Cc1ccccc1Cl)C(=O)CN(c1cc(Cl)ccc1OC)S(=O)(=O)c1ccc(C)c([N+](=O)[O-])c1. The fourth-order valence-corrected chi connectivity index (χ4v) is 6.43. The predicted octanol–water partition coefficient (Wildman–Crippen LogP) is 6.14. The maximum absolute atomic E-state index is 14.3. The highest BCUT2D eigenvalue weighted by Gasteiger charge is 2.36. The van der Waals surface area contributed by atoms with Crippen molar-refractivity contribution in [2.45, 2.75) is 64.1 Å². The van der Waals surface area contributed by atoms with E-state index in [4.69, 9.17) is 27.9 Å². The first-order valence-corrected chi connectivity index (χ1v) is 16.2. The number of methoxy groups -OCH3 is 1. The minimum absolute atomic E-state index is 0.0764. The number of amides is 2. The minimum atomic E-state index is -4.65. The lowest BCUT2D eigenvalue weighted by Gasteiger charge is -2.35. The van der Waals surface area contributed by atoms with Crippen LogP contribution in [0.25, 0.3) is 0 Å². The highest BCUT2D eigenvalue weighted by molar-refractivity contribution is 7.92. The van der Waals surface area contributed by atoms with Crippen LogP contribution in [0, 0.1) is 17.0 Å². The molecule has 14 heteroatoms. The van der Waals surface area contributed by atoms with Crippen LogP contribution >= 0.6 is 23.2 Å². The van der Waals surface area contributed by atoms with Gasteiger partial charge in [0.05, 0.1) is 22.6 Å². The number of nitro benzene ring substituents is 1. The van der Waals surface area contributed by atoms with Crippen LogP contribution in [0.1, 0.15) is 45.2 Å². The average Bonchev–Trinajstić information content (AvgIpc) is 2.95. The van der Waals surface area contributed by atoms with Gasteiger partial charge in [-0.3, -0.25) is 24.0 Å². The van der Waals surface area contributed by atoms with Crippen molar-refractivity contribution in [3.8, 4) is 5.75 Å². The zero-order chi connectivity index (χ0) is 33.7. The Labute approximate surface area is 273 Å². The van der Waals surface area contributed by atoms with Crippen molar-refractivity contribution in [1.82, 2.24) is 10.2 Å². The predicted molar refractivity (Wildman–Crippen MR) is 174 cm³/mol. The fraction of sp³-hybridized carbons (Fsp3) is 0.355. The number of nitro groups is 1. The number of ether oxygens (including phenoxy) is 1. The van der Waals surface area contributed by atoms with Gasteiger partial charge >= 0.3 is 0 Å². The van der Waals surface area contributed by atoms with Crippen LogP contribution in [0.2, 0.25) is 10.0 Å². The summed E-state index contributed by atoms with van der Waals surface area (Å²) in [5, 5.41) is 15.1.